The monoisotopic (exact) mass is 565 g/mol. The molecule has 2 saturated carbocycles. The van der Waals surface area contributed by atoms with Gasteiger partial charge in [0.15, 0.2) is 5.78 Å². The molecule has 1 heterocycles. The van der Waals surface area contributed by atoms with Gasteiger partial charge in [0, 0.05) is 37.4 Å². The van der Waals surface area contributed by atoms with Crippen LogP contribution in [0.3, 0.4) is 0 Å². The minimum Gasteiger partial charge on any atom is -0.383 e. The lowest BCUT2D eigenvalue weighted by Gasteiger charge is -2.56. The van der Waals surface area contributed by atoms with Gasteiger partial charge >= 0.3 is 12.1 Å². The van der Waals surface area contributed by atoms with Crippen molar-refractivity contribution >= 4 is 5.78 Å². The van der Waals surface area contributed by atoms with Gasteiger partial charge in [0.25, 0.3) is 0 Å². The van der Waals surface area contributed by atoms with Crippen molar-refractivity contribution in [3.63, 3.8) is 0 Å². The second kappa shape index (κ2) is 9.73. The van der Waals surface area contributed by atoms with E-state index in [9.17, 15) is 23.1 Å². The fraction of sp³-hybridized carbons (Fsp3) is 0.645. The van der Waals surface area contributed by atoms with Gasteiger partial charge in [0.05, 0.1) is 13.2 Å². The van der Waals surface area contributed by atoms with Crippen LogP contribution in [0, 0.1) is 17.3 Å². The van der Waals surface area contributed by atoms with Crippen LogP contribution in [-0.4, -0.2) is 59.8 Å². The minimum absolute atomic E-state index is 0.000787. The van der Waals surface area contributed by atoms with E-state index in [2.05, 4.69) is 4.90 Å². The highest BCUT2D eigenvalue weighted by molar-refractivity contribution is 5.93. The summed E-state index contributed by atoms with van der Waals surface area (Å²) in [6, 6.07) is 7.95. The molecule has 0 aromatic heterocycles. The highest BCUT2D eigenvalue weighted by Crippen LogP contribution is 2.70. The van der Waals surface area contributed by atoms with E-state index in [1.165, 1.54) is 6.92 Å². The number of alkyl halides is 5. The highest BCUT2D eigenvalue weighted by Gasteiger charge is 2.79. The second-order valence-electron chi connectivity index (χ2n) is 12.6. The summed E-state index contributed by atoms with van der Waals surface area (Å²) in [4.78, 5) is 14.5. The van der Waals surface area contributed by atoms with Gasteiger partial charge in [-0.1, -0.05) is 36.8 Å². The molecule has 4 nitrogen and oxygen atoms in total. The summed E-state index contributed by atoms with van der Waals surface area (Å²) in [5.41, 5.74) is 0.282. The average Bonchev–Trinajstić information content (AvgIpc) is 3.20. The van der Waals surface area contributed by atoms with E-state index in [0.717, 1.165) is 47.5 Å². The molecule has 1 aromatic carbocycles. The number of ketones is 1. The lowest BCUT2D eigenvalue weighted by atomic mass is 9.50. The first-order chi connectivity index (χ1) is 18.9. The van der Waals surface area contributed by atoms with Crippen molar-refractivity contribution in [1.29, 1.82) is 0 Å². The summed E-state index contributed by atoms with van der Waals surface area (Å²) in [5, 5.41) is 11.4. The Kier molecular flexibility index (Phi) is 6.82. The fourth-order valence-corrected chi connectivity index (χ4v) is 8.59. The molecule has 9 heteroatoms. The molecule has 1 N–H and O–H groups in total. The van der Waals surface area contributed by atoms with Crippen LogP contribution in [0.25, 0.3) is 0 Å². The molecule has 5 atom stereocenters. The summed E-state index contributed by atoms with van der Waals surface area (Å²) in [6.45, 7) is 5.24. The maximum atomic E-state index is 15.1. The number of ether oxygens (including phenoxy) is 1. The molecular weight excluding hydrogens is 529 g/mol. The number of carbonyl (C=O) groups excluding carboxylic acids is 1. The second-order valence-corrected chi connectivity index (χ2v) is 12.6. The first kappa shape index (κ1) is 28.0. The quantitative estimate of drug-likeness (QED) is 0.433. The van der Waals surface area contributed by atoms with Gasteiger partial charge in [-0.2, -0.15) is 22.0 Å². The number of carbonyl (C=O) groups is 1. The molecule has 0 spiro atoms. The van der Waals surface area contributed by atoms with Gasteiger partial charge in [-0.3, -0.25) is 9.69 Å². The topological polar surface area (TPSA) is 49.8 Å². The molecule has 40 heavy (non-hydrogen) atoms. The van der Waals surface area contributed by atoms with Gasteiger partial charge in [-0.15, -0.1) is 0 Å². The number of halogens is 5. The van der Waals surface area contributed by atoms with Crippen molar-refractivity contribution in [3.05, 3.63) is 58.2 Å². The van der Waals surface area contributed by atoms with Gasteiger partial charge in [-0.25, -0.2) is 0 Å². The summed E-state index contributed by atoms with van der Waals surface area (Å²) in [5.74, 6) is -6.27. The molecule has 6 rings (SSSR count). The predicted molar refractivity (Wildman–Crippen MR) is 139 cm³/mol. The maximum absolute atomic E-state index is 15.1. The molecular formula is C31H36F5NO3. The Balaban J connectivity index is 1.42. The van der Waals surface area contributed by atoms with E-state index >= 15 is 8.78 Å². The molecule has 218 valence electrons. The van der Waals surface area contributed by atoms with E-state index < -0.39 is 41.4 Å². The molecule has 5 aliphatic rings. The predicted octanol–water partition coefficient (Wildman–Crippen LogP) is 6.35. The molecule has 0 amide bonds. The number of allylic oxidation sites excluding steroid dienone is 4. The number of benzene rings is 1. The Morgan fingerprint density at radius 1 is 1.02 bits per heavy atom. The van der Waals surface area contributed by atoms with Gasteiger partial charge in [0.1, 0.15) is 5.60 Å². The van der Waals surface area contributed by atoms with Crippen LogP contribution in [0.15, 0.2) is 47.1 Å². The normalized spacial score (nSPS) is 35.2. The summed E-state index contributed by atoms with van der Waals surface area (Å²) < 4.78 is 76.9. The van der Waals surface area contributed by atoms with E-state index in [0.29, 0.717) is 38.9 Å². The number of hydrogen-bond acceptors (Lipinski definition) is 4. The zero-order valence-corrected chi connectivity index (χ0v) is 22.7. The SMILES string of the molecule is C[C@]12C[C@H](c3ccc(CN4CCOCC4)cc3)C3=C4CCC(=O)C=C4CCC3C1CC[C@@]2(O)C(F)(F)C(F)(F)F. The third kappa shape index (κ3) is 4.21. The maximum Gasteiger partial charge on any atom is 0.456 e. The molecule has 4 aliphatic carbocycles. The Bertz CT molecular complexity index is 1230. The molecule has 1 aliphatic heterocycles. The number of rotatable bonds is 4. The van der Waals surface area contributed by atoms with Crippen molar-refractivity contribution in [2.24, 2.45) is 17.3 Å². The summed E-state index contributed by atoms with van der Waals surface area (Å²) >= 11 is 0. The number of fused-ring (bicyclic) bond motifs is 4. The highest BCUT2D eigenvalue weighted by atomic mass is 19.4. The van der Waals surface area contributed by atoms with Crippen LogP contribution in [0.2, 0.25) is 0 Å². The number of nitrogens with zero attached hydrogens (tertiary/aromatic N) is 1. The van der Waals surface area contributed by atoms with Crippen LogP contribution < -0.4 is 0 Å². The Morgan fingerprint density at radius 2 is 1.73 bits per heavy atom. The Hall–Kier alpha value is -2.10. The Morgan fingerprint density at radius 3 is 2.40 bits per heavy atom. The van der Waals surface area contributed by atoms with Crippen LogP contribution in [-0.2, 0) is 16.1 Å². The molecule has 2 unspecified atom stereocenters. The van der Waals surface area contributed by atoms with Crippen molar-refractivity contribution in [3.8, 4) is 0 Å². The lowest BCUT2D eigenvalue weighted by molar-refractivity contribution is -0.362. The van der Waals surface area contributed by atoms with Crippen LogP contribution in [0.4, 0.5) is 22.0 Å². The molecule has 0 bridgehead atoms. The molecule has 3 fully saturated rings. The smallest absolute Gasteiger partial charge is 0.383 e. The van der Waals surface area contributed by atoms with Crippen LogP contribution in [0.5, 0.6) is 0 Å². The zero-order valence-electron chi connectivity index (χ0n) is 22.7. The van der Waals surface area contributed by atoms with Gasteiger partial charge in [-0.05, 0) is 78.7 Å². The van der Waals surface area contributed by atoms with Gasteiger partial charge in [0.2, 0.25) is 0 Å². The third-order valence-corrected chi connectivity index (χ3v) is 10.7. The first-order valence-electron chi connectivity index (χ1n) is 14.4. The largest absolute Gasteiger partial charge is 0.456 e. The van der Waals surface area contributed by atoms with Crippen molar-refractivity contribution in [1.82, 2.24) is 4.90 Å². The van der Waals surface area contributed by atoms with Crippen molar-refractivity contribution < 1.29 is 36.6 Å². The number of hydrogen-bond donors (Lipinski definition) is 1. The third-order valence-electron chi connectivity index (χ3n) is 10.7. The number of morpholine rings is 1. The van der Waals surface area contributed by atoms with Gasteiger partial charge < -0.3 is 9.84 Å². The molecule has 1 saturated heterocycles. The summed E-state index contributed by atoms with van der Waals surface area (Å²) in [7, 11) is 0. The van der Waals surface area contributed by atoms with Crippen molar-refractivity contribution in [2.45, 2.75) is 82.0 Å². The van der Waals surface area contributed by atoms with E-state index in [1.54, 1.807) is 6.08 Å². The molecule has 1 aromatic rings. The zero-order chi connectivity index (χ0) is 28.5. The van der Waals surface area contributed by atoms with Crippen LogP contribution in [0.1, 0.15) is 68.9 Å². The van der Waals surface area contributed by atoms with Crippen molar-refractivity contribution in [2.75, 3.05) is 26.3 Å². The first-order valence-corrected chi connectivity index (χ1v) is 14.4. The lowest BCUT2D eigenvalue weighted by Crippen LogP contribution is -2.65. The number of aliphatic hydroxyl groups is 1. The van der Waals surface area contributed by atoms with E-state index in [4.69, 9.17) is 4.74 Å². The fourth-order valence-electron chi connectivity index (χ4n) is 8.59. The standard InChI is InChI=1S/C31H36F5NO3/c1-28-17-25(20-4-2-19(3-5-20)18-37-12-14-40-15-13-37)27-23-9-7-22(38)16-21(23)6-8-24(27)26(28)10-11-29(28,39)30(32,33)31(34,35)36/h2-5,16,24-26,39H,6-15,17-18H2,1H3/t24?,25-,26?,28+,29+/m1/s1. The molecule has 0 radical (unpaired) electrons. The van der Waals surface area contributed by atoms with E-state index in [-0.39, 0.29) is 24.5 Å². The Labute approximate surface area is 231 Å². The summed E-state index contributed by atoms with van der Waals surface area (Å²) in [6.07, 6.45) is -2.51. The average molecular weight is 566 g/mol. The van der Waals surface area contributed by atoms with Crippen LogP contribution >= 0.6 is 0 Å². The van der Waals surface area contributed by atoms with E-state index in [1.807, 2.05) is 24.3 Å². The minimum atomic E-state index is -5.85.